The number of nitrogens with one attached hydrogen (secondary N) is 2. The van der Waals surface area contributed by atoms with E-state index in [0.29, 0.717) is 9.99 Å². The van der Waals surface area contributed by atoms with Crippen molar-refractivity contribution in [2.75, 3.05) is 11.9 Å². The molecule has 0 aliphatic rings. The summed E-state index contributed by atoms with van der Waals surface area (Å²) >= 11 is 1.96. The van der Waals surface area contributed by atoms with E-state index in [-0.39, 0.29) is 23.5 Å². The predicted octanol–water partition coefficient (Wildman–Crippen LogP) is 3.75. The normalized spacial score (nSPS) is 11.9. The van der Waals surface area contributed by atoms with Crippen LogP contribution in [0.5, 0.6) is 0 Å². The summed E-state index contributed by atoms with van der Waals surface area (Å²) in [6.07, 6.45) is -0.0740. The second kappa shape index (κ2) is 9.07. The molecular weight excluding hydrogens is 445 g/mol. The van der Waals surface area contributed by atoms with Crippen LogP contribution in [-0.4, -0.2) is 23.7 Å². The molecule has 2 aromatic carbocycles. The van der Waals surface area contributed by atoms with Crippen LogP contribution in [-0.2, 0) is 4.84 Å². The minimum absolute atomic E-state index is 0.0332. The van der Waals surface area contributed by atoms with Crippen molar-refractivity contribution in [2.45, 2.75) is 19.4 Å². The third kappa shape index (κ3) is 5.35. The van der Waals surface area contributed by atoms with E-state index >= 15 is 0 Å². The van der Waals surface area contributed by atoms with Crippen LogP contribution >= 0.6 is 22.6 Å². The van der Waals surface area contributed by atoms with Crippen molar-refractivity contribution in [1.82, 2.24) is 5.48 Å². The topological polar surface area (TPSA) is 70.6 Å². The molecule has 1 amide bonds. The van der Waals surface area contributed by atoms with Crippen molar-refractivity contribution in [3.8, 4) is 0 Å². The Bertz CT molecular complexity index is 759. The quantitative estimate of drug-likeness (QED) is 0.433. The zero-order valence-corrected chi connectivity index (χ0v) is 15.5. The Hall–Kier alpha value is -1.78. The number of hydrogen-bond donors (Lipinski definition) is 3. The molecule has 3 N–H and O–H groups in total. The number of benzene rings is 2. The minimum atomic E-state index is -0.700. The van der Waals surface area contributed by atoms with E-state index < -0.39 is 23.6 Å². The molecule has 0 aromatic heterocycles. The number of rotatable bonds is 7. The number of hydroxylamine groups is 1. The van der Waals surface area contributed by atoms with Crippen molar-refractivity contribution >= 4 is 39.9 Å². The van der Waals surface area contributed by atoms with Gasteiger partial charge in [-0.05, 0) is 66.3 Å². The lowest BCUT2D eigenvalue weighted by molar-refractivity contribution is -0.0167. The first-order chi connectivity index (χ1) is 11.9. The van der Waals surface area contributed by atoms with Gasteiger partial charge in [-0.1, -0.05) is 6.07 Å². The van der Waals surface area contributed by atoms with Crippen LogP contribution in [0.15, 0.2) is 36.4 Å². The van der Waals surface area contributed by atoms with E-state index in [1.54, 1.807) is 13.0 Å². The summed E-state index contributed by atoms with van der Waals surface area (Å²) in [6.45, 7) is 1.58. The van der Waals surface area contributed by atoms with Crippen LogP contribution in [0.1, 0.15) is 23.7 Å². The van der Waals surface area contributed by atoms with Crippen molar-refractivity contribution in [3.63, 3.8) is 0 Å². The maximum Gasteiger partial charge on any atom is 0.277 e. The average Bonchev–Trinajstić information content (AvgIpc) is 2.57. The first kappa shape index (κ1) is 19.5. The van der Waals surface area contributed by atoms with Gasteiger partial charge in [-0.15, -0.1) is 0 Å². The fourth-order valence-corrected chi connectivity index (χ4v) is 2.47. The number of hydrogen-bond acceptors (Lipinski definition) is 4. The molecule has 25 heavy (non-hydrogen) atoms. The molecule has 2 aromatic rings. The van der Waals surface area contributed by atoms with Crippen LogP contribution in [0, 0.1) is 15.2 Å². The lowest BCUT2D eigenvalue weighted by atomic mass is 10.1. The smallest absolute Gasteiger partial charge is 0.277 e. The lowest BCUT2D eigenvalue weighted by Crippen LogP contribution is -2.29. The van der Waals surface area contributed by atoms with Gasteiger partial charge in [0, 0.05) is 10.2 Å². The Balaban J connectivity index is 2.22. The van der Waals surface area contributed by atoms with Crippen molar-refractivity contribution < 1.29 is 23.5 Å². The summed E-state index contributed by atoms with van der Waals surface area (Å²) in [7, 11) is 0. The van der Waals surface area contributed by atoms with E-state index in [1.807, 2.05) is 22.6 Å². The molecule has 0 aliphatic heterocycles. The van der Waals surface area contributed by atoms with E-state index in [0.717, 1.165) is 0 Å². The Morgan fingerprint density at radius 1 is 1.28 bits per heavy atom. The zero-order chi connectivity index (χ0) is 18.4. The van der Waals surface area contributed by atoms with Crippen molar-refractivity contribution in [3.05, 3.63) is 57.2 Å². The second-order valence-corrected chi connectivity index (χ2v) is 6.53. The summed E-state index contributed by atoms with van der Waals surface area (Å²) in [5, 5.41) is 11.4. The van der Waals surface area contributed by atoms with Gasteiger partial charge in [0.2, 0.25) is 0 Å². The second-order valence-electron chi connectivity index (χ2n) is 5.28. The largest absolute Gasteiger partial charge is 0.396 e. The van der Waals surface area contributed by atoms with Crippen LogP contribution in [0.4, 0.5) is 20.2 Å². The average molecular weight is 462 g/mol. The minimum Gasteiger partial charge on any atom is -0.396 e. The summed E-state index contributed by atoms with van der Waals surface area (Å²) in [4.78, 5) is 17.4. The highest BCUT2D eigenvalue weighted by atomic mass is 127. The first-order valence-corrected chi connectivity index (χ1v) is 8.57. The molecule has 0 radical (unpaired) electrons. The summed E-state index contributed by atoms with van der Waals surface area (Å²) in [6, 6.07) is 8.35. The molecule has 2 rings (SSSR count). The molecule has 0 spiro atoms. The highest BCUT2D eigenvalue weighted by Crippen LogP contribution is 2.27. The third-order valence-electron chi connectivity index (χ3n) is 3.34. The highest BCUT2D eigenvalue weighted by molar-refractivity contribution is 14.1. The Morgan fingerprint density at radius 3 is 2.72 bits per heavy atom. The molecule has 5 nitrogen and oxygen atoms in total. The zero-order valence-electron chi connectivity index (χ0n) is 13.4. The Morgan fingerprint density at radius 2 is 2.04 bits per heavy atom. The van der Waals surface area contributed by atoms with Gasteiger partial charge in [-0.25, -0.2) is 14.3 Å². The van der Waals surface area contributed by atoms with E-state index in [9.17, 15) is 13.6 Å². The molecule has 0 saturated carbocycles. The van der Waals surface area contributed by atoms with Crippen LogP contribution in [0.3, 0.4) is 0 Å². The Labute approximate surface area is 157 Å². The van der Waals surface area contributed by atoms with Gasteiger partial charge in [0.15, 0.2) is 0 Å². The number of halogens is 3. The van der Waals surface area contributed by atoms with Gasteiger partial charge in [-0.2, -0.15) is 0 Å². The SMILES string of the molecule is CC(CCO)ONC(=O)c1cccc(F)c1Nc1ccc(I)cc1F. The number of aliphatic hydroxyl groups excluding tert-OH is 1. The van der Waals surface area contributed by atoms with Crippen molar-refractivity contribution in [1.29, 1.82) is 0 Å². The van der Waals surface area contributed by atoms with Crippen molar-refractivity contribution in [2.24, 2.45) is 0 Å². The van der Waals surface area contributed by atoms with Gasteiger partial charge < -0.3 is 10.4 Å². The first-order valence-electron chi connectivity index (χ1n) is 7.49. The molecule has 0 heterocycles. The summed E-state index contributed by atoms with van der Waals surface area (Å²) < 4.78 is 28.9. The van der Waals surface area contributed by atoms with E-state index in [1.165, 1.54) is 30.3 Å². The van der Waals surface area contributed by atoms with Crippen LogP contribution < -0.4 is 10.8 Å². The molecule has 0 aliphatic carbocycles. The molecule has 0 fully saturated rings. The van der Waals surface area contributed by atoms with Gasteiger partial charge in [0.05, 0.1) is 23.0 Å². The monoisotopic (exact) mass is 462 g/mol. The Kier molecular flexibility index (Phi) is 7.09. The number of carbonyl (C=O) groups is 1. The maximum absolute atomic E-state index is 14.2. The molecule has 0 bridgehead atoms. The summed E-state index contributed by atoms with van der Waals surface area (Å²) in [5.41, 5.74) is 2.07. The van der Waals surface area contributed by atoms with E-state index in [2.05, 4.69) is 10.8 Å². The maximum atomic E-state index is 14.2. The third-order valence-corrected chi connectivity index (χ3v) is 4.01. The van der Waals surface area contributed by atoms with E-state index in [4.69, 9.17) is 9.94 Å². The lowest BCUT2D eigenvalue weighted by Gasteiger charge is -2.15. The molecule has 1 atom stereocenters. The number of aliphatic hydroxyl groups is 1. The van der Waals surface area contributed by atoms with Gasteiger partial charge in [0.1, 0.15) is 11.6 Å². The molecule has 0 saturated heterocycles. The van der Waals surface area contributed by atoms with Crippen LogP contribution in [0.25, 0.3) is 0 Å². The highest BCUT2D eigenvalue weighted by Gasteiger charge is 2.17. The van der Waals surface area contributed by atoms with Gasteiger partial charge in [0.25, 0.3) is 5.91 Å². The fraction of sp³-hybridized carbons (Fsp3) is 0.235. The van der Waals surface area contributed by atoms with Crippen LogP contribution in [0.2, 0.25) is 0 Å². The molecule has 8 heteroatoms. The number of carbonyl (C=O) groups excluding carboxylic acids is 1. The number of amides is 1. The van der Waals surface area contributed by atoms with Gasteiger partial charge >= 0.3 is 0 Å². The predicted molar refractivity (Wildman–Crippen MR) is 98.5 cm³/mol. The molecule has 1 unspecified atom stereocenters. The fourth-order valence-electron chi connectivity index (χ4n) is 2.02. The van der Waals surface area contributed by atoms with Gasteiger partial charge in [-0.3, -0.25) is 9.63 Å². The summed E-state index contributed by atoms with van der Waals surface area (Å²) in [5.74, 6) is -1.94. The number of anilines is 2. The molecule has 134 valence electrons. The standard InChI is InChI=1S/C17H17F2IN2O3/c1-10(7-8-23)25-22-17(24)12-3-2-4-13(18)16(12)21-15-6-5-11(20)9-14(15)19/h2-6,9-10,21,23H,7-8H2,1H3,(H,22,24). The molecular formula is C17H17F2IN2O3. The number of para-hydroxylation sites is 1.